The fraction of sp³-hybridized carbons (Fsp3) is 0.158. The van der Waals surface area contributed by atoms with Crippen molar-refractivity contribution in [2.75, 3.05) is 11.9 Å². The normalized spacial score (nSPS) is 12.3. The third kappa shape index (κ3) is 3.06. The van der Waals surface area contributed by atoms with Crippen LogP contribution in [0.5, 0.6) is 0 Å². The summed E-state index contributed by atoms with van der Waals surface area (Å²) in [4.78, 5) is 0. The van der Waals surface area contributed by atoms with Crippen LogP contribution in [0.25, 0.3) is 10.8 Å². The average Bonchev–Trinajstić information content (AvgIpc) is 2.52. The Hall–Kier alpha value is -2.32. The van der Waals surface area contributed by atoms with Gasteiger partial charge < -0.3 is 11.1 Å². The maximum absolute atomic E-state index is 5.97. The zero-order chi connectivity index (χ0) is 14.7. The van der Waals surface area contributed by atoms with E-state index in [0.717, 1.165) is 5.69 Å². The first-order chi connectivity index (χ1) is 10.3. The Morgan fingerprint density at radius 3 is 2.48 bits per heavy atom. The van der Waals surface area contributed by atoms with Crippen molar-refractivity contribution < 1.29 is 0 Å². The Labute approximate surface area is 125 Å². The number of rotatable bonds is 4. The Morgan fingerprint density at radius 2 is 1.71 bits per heavy atom. The molecule has 1 unspecified atom stereocenters. The van der Waals surface area contributed by atoms with Gasteiger partial charge in [-0.15, -0.1) is 0 Å². The molecular formula is C19H20N2. The van der Waals surface area contributed by atoms with Crippen molar-refractivity contribution in [3.8, 4) is 0 Å². The predicted molar refractivity (Wildman–Crippen MR) is 90.5 cm³/mol. The molecule has 3 aromatic carbocycles. The fourth-order valence-corrected chi connectivity index (χ4v) is 2.64. The van der Waals surface area contributed by atoms with Crippen LogP contribution in [-0.4, -0.2) is 6.54 Å². The number of nitrogens with two attached hydrogens (primary N) is 1. The quantitative estimate of drug-likeness (QED) is 0.747. The van der Waals surface area contributed by atoms with Crippen molar-refractivity contribution in [1.82, 2.24) is 0 Å². The molecule has 0 radical (unpaired) electrons. The first-order valence-electron chi connectivity index (χ1n) is 7.28. The first-order valence-corrected chi connectivity index (χ1v) is 7.28. The maximum atomic E-state index is 5.97. The average molecular weight is 276 g/mol. The molecule has 3 aromatic rings. The lowest BCUT2D eigenvalue weighted by molar-refractivity contribution is 0.791. The van der Waals surface area contributed by atoms with Crippen LogP contribution in [0.1, 0.15) is 17.2 Å². The van der Waals surface area contributed by atoms with E-state index in [-0.39, 0.29) is 6.04 Å². The summed E-state index contributed by atoms with van der Waals surface area (Å²) in [5.41, 5.74) is 9.55. The molecular weight excluding hydrogens is 256 g/mol. The molecule has 1 atom stereocenters. The molecule has 0 fully saturated rings. The summed E-state index contributed by atoms with van der Waals surface area (Å²) in [5.74, 6) is 0. The molecule has 0 bridgehead atoms. The largest absolute Gasteiger partial charge is 0.377 e. The maximum Gasteiger partial charge on any atom is 0.0636 e. The van der Waals surface area contributed by atoms with Crippen molar-refractivity contribution in [2.45, 2.75) is 13.0 Å². The zero-order valence-corrected chi connectivity index (χ0v) is 12.2. The van der Waals surface area contributed by atoms with Crippen LogP contribution in [-0.2, 0) is 0 Å². The minimum absolute atomic E-state index is 0.122. The Bertz CT molecular complexity index is 749. The summed E-state index contributed by atoms with van der Waals surface area (Å²) >= 11 is 0. The van der Waals surface area contributed by atoms with E-state index in [4.69, 9.17) is 5.73 Å². The van der Waals surface area contributed by atoms with Crippen LogP contribution >= 0.6 is 0 Å². The molecule has 0 saturated carbocycles. The highest BCUT2D eigenvalue weighted by Crippen LogP contribution is 2.23. The third-order valence-electron chi connectivity index (χ3n) is 3.77. The lowest BCUT2D eigenvalue weighted by Gasteiger charge is -2.19. The monoisotopic (exact) mass is 276 g/mol. The SMILES string of the molecule is Cc1cccc(NC(CN)c2ccc3ccccc3c2)c1. The lowest BCUT2D eigenvalue weighted by Crippen LogP contribution is -2.20. The molecule has 3 rings (SSSR count). The zero-order valence-electron chi connectivity index (χ0n) is 12.2. The van der Waals surface area contributed by atoms with Crippen molar-refractivity contribution in [2.24, 2.45) is 5.73 Å². The molecule has 0 aliphatic carbocycles. The van der Waals surface area contributed by atoms with Crippen LogP contribution in [0, 0.1) is 6.92 Å². The molecule has 0 amide bonds. The van der Waals surface area contributed by atoms with Gasteiger partial charge in [0.1, 0.15) is 0 Å². The number of hydrogen-bond donors (Lipinski definition) is 2. The van der Waals surface area contributed by atoms with Crippen LogP contribution in [0.3, 0.4) is 0 Å². The van der Waals surface area contributed by atoms with Crippen molar-refractivity contribution in [1.29, 1.82) is 0 Å². The predicted octanol–water partition coefficient (Wildman–Crippen LogP) is 4.26. The highest BCUT2D eigenvalue weighted by atomic mass is 14.9. The van der Waals surface area contributed by atoms with Gasteiger partial charge >= 0.3 is 0 Å². The van der Waals surface area contributed by atoms with Crippen LogP contribution < -0.4 is 11.1 Å². The van der Waals surface area contributed by atoms with Gasteiger partial charge in [-0.1, -0.05) is 48.5 Å². The molecule has 0 spiro atoms. The van der Waals surface area contributed by atoms with Gasteiger partial charge in [0.05, 0.1) is 6.04 Å². The van der Waals surface area contributed by atoms with Gasteiger partial charge in [-0.2, -0.15) is 0 Å². The number of anilines is 1. The summed E-state index contributed by atoms with van der Waals surface area (Å²) in [6, 6.07) is 23.4. The van der Waals surface area contributed by atoms with Gasteiger partial charge in [0.25, 0.3) is 0 Å². The molecule has 2 heteroatoms. The van der Waals surface area contributed by atoms with Crippen LogP contribution in [0.2, 0.25) is 0 Å². The third-order valence-corrected chi connectivity index (χ3v) is 3.77. The van der Waals surface area contributed by atoms with Gasteiger partial charge in [-0.25, -0.2) is 0 Å². The lowest BCUT2D eigenvalue weighted by atomic mass is 10.0. The molecule has 2 nitrogen and oxygen atoms in total. The summed E-state index contributed by atoms with van der Waals surface area (Å²) in [6.07, 6.45) is 0. The second-order valence-corrected chi connectivity index (χ2v) is 5.41. The minimum Gasteiger partial charge on any atom is -0.377 e. The number of hydrogen-bond acceptors (Lipinski definition) is 2. The number of benzene rings is 3. The van der Waals surface area contributed by atoms with Gasteiger partial charge in [-0.05, 0) is 47.0 Å². The number of fused-ring (bicyclic) bond motifs is 1. The number of aryl methyl sites for hydroxylation is 1. The van der Waals surface area contributed by atoms with E-state index in [1.165, 1.54) is 21.9 Å². The van der Waals surface area contributed by atoms with E-state index < -0.39 is 0 Å². The molecule has 0 aromatic heterocycles. The molecule has 106 valence electrons. The van der Waals surface area contributed by atoms with E-state index >= 15 is 0 Å². The minimum atomic E-state index is 0.122. The van der Waals surface area contributed by atoms with Gasteiger partial charge in [0, 0.05) is 12.2 Å². The second-order valence-electron chi connectivity index (χ2n) is 5.41. The van der Waals surface area contributed by atoms with Crippen molar-refractivity contribution in [3.05, 3.63) is 77.9 Å². The summed E-state index contributed by atoms with van der Waals surface area (Å²) in [6.45, 7) is 2.66. The van der Waals surface area contributed by atoms with E-state index in [1.807, 2.05) is 0 Å². The van der Waals surface area contributed by atoms with E-state index in [1.54, 1.807) is 0 Å². The molecule has 0 aliphatic rings. The second kappa shape index (κ2) is 5.98. The van der Waals surface area contributed by atoms with Gasteiger partial charge in [0.15, 0.2) is 0 Å². The highest BCUT2D eigenvalue weighted by Gasteiger charge is 2.10. The molecule has 21 heavy (non-hydrogen) atoms. The molecule has 0 saturated heterocycles. The van der Waals surface area contributed by atoms with E-state index in [2.05, 4.69) is 79.0 Å². The summed E-state index contributed by atoms with van der Waals surface area (Å²) < 4.78 is 0. The summed E-state index contributed by atoms with van der Waals surface area (Å²) in [7, 11) is 0. The smallest absolute Gasteiger partial charge is 0.0636 e. The Balaban J connectivity index is 1.90. The number of nitrogens with one attached hydrogen (secondary N) is 1. The van der Waals surface area contributed by atoms with Gasteiger partial charge in [-0.3, -0.25) is 0 Å². The first kappa shape index (κ1) is 13.7. The van der Waals surface area contributed by atoms with Crippen molar-refractivity contribution in [3.63, 3.8) is 0 Å². The standard InChI is InChI=1S/C19H20N2/c1-14-5-4-8-18(11-14)21-19(13-20)17-10-9-15-6-2-3-7-16(15)12-17/h2-12,19,21H,13,20H2,1H3. The van der Waals surface area contributed by atoms with E-state index in [0.29, 0.717) is 6.54 Å². The molecule has 3 N–H and O–H groups in total. The Morgan fingerprint density at radius 1 is 0.905 bits per heavy atom. The molecule has 0 heterocycles. The fourth-order valence-electron chi connectivity index (χ4n) is 2.64. The topological polar surface area (TPSA) is 38.0 Å². The van der Waals surface area contributed by atoms with Crippen molar-refractivity contribution >= 4 is 16.5 Å². The summed E-state index contributed by atoms with van der Waals surface area (Å²) in [5, 5.41) is 6.03. The highest BCUT2D eigenvalue weighted by molar-refractivity contribution is 5.83. The Kier molecular flexibility index (Phi) is 3.89. The molecule has 0 aliphatic heterocycles. The van der Waals surface area contributed by atoms with Crippen LogP contribution in [0.15, 0.2) is 66.7 Å². The van der Waals surface area contributed by atoms with Gasteiger partial charge in [0.2, 0.25) is 0 Å². The van der Waals surface area contributed by atoms with E-state index in [9.17, 15) is 0 Å². The van der Waals surface area contributed by atoms with Crippen LogP contribution in [0.4, 0.5) is 5.69 Å².